The van der Waals surface area contributed by atoms with E-state index in [9.17, 15) is 19.1 Å². The molecule has 0 saturated carbocycles. The van der Waals surface area contributed by atoms with Crippen molar-refractivity contribution in [3.8, 4) is 5.75 Å². The van der Waals surface area contributed by atoms with Crippen LogP contribution in [0.15, 0.2) is 84.4 Å². The van der Waals surface area contributed by atoms with E-state index in [1.54, 1.807) is 24.3 Å². The van der Waals surface area contributed by atoms with Gasteiger partial charge in [-0.25, -0.2) is 4.39 Å². The molecular formula is C27H24FNO5. The molecule has 0 spiro atoms. The van der Waals surface area contributed by atoms with Crippen molar-refractivity contribution in [2.45, 2.75) is 12.6 Å². The number of hydrogen-bond donors (Lipinski definition) is 1. The maximum atomic E-state index is 13.4. The molecule has 1 heterocycles. The maximum absolute atomic E-state index is 13.4. The molecule has 3 aromatic rings. The Balaban J connectivity index is 1.73. The van der Waals surface area contributed by atoms with E-state index in [0.717, 1.165) is 5.56 Å². The van der Waals surface area contributed by atoms with Crippen LogP contribution in [0.4, 0.5) is 4.39 Å². The van der Waals surface area contributed by atoms with Gasteiger partial charge in [0.1, 0.15) is 23.9 Å². The molecule has 174 valence electrons. The zero-order chi connectivity index (χ0) is 24.1. The predicted octanol–water partition coefficient (Wildman–Crippen LogP) is 4.47. The summed E-state index contributed by atoms with van der Waals surface area (Å²) in [6.45, 7) is 0.717. The largest absolute Gasteiger partial charge is 0.507 e. The fourth-order valence-electron chi connectivity index (χ4n) is 3.93. The molecule has 3 aromatic carbocycles. The lowest BCUT2D eigenvalue weighted by Gasteiger charge is -2.25. The highest BCUT2D eigenvalue weighted by Gasteiger charge is 2.46. The molecule has 0 aromatic heterocycles. The zero-order valence-electron chi connectivity index (χ0n) is 18.6. The van der Waals surface area contributed by atoms with Gasteiger partial charge in [0.2, 0.25) is 0 Å². The van der Waals surface area contributed by atoms with Crippen LogP contribution in [0.25, 0.3) is 5.76 Å². The lowest BCUT2D eigenvalue weighted by molar-refractivity contribution is -0.140. The summed E-state index contributed by atoms with van der Waals surface area (Å²) in [7, 11) is 1.50. The first-order chi connectivity index (χ1) is 16.5. The summed E-state index contributed by atoms with van der Waals surface area (Å²) in [6, 6.07) is 21.0. The number of nitrogens with zero attached hydrogens (tertiary/aromatic N) is 1. The van der Waals surface area contributed by atoms with E-state index in [1.165, 1.54) is 36.3 Å². The minimum absolute atomic E-state index is 0.0621. The van der Waals surface area contributed by atoms with Crippen molar-refractivity contribution in [1.29, 1.82) is 0 Å². The Kier molecular flexibility index (Phi) is 7.04. The first kappa shape index (κ1) is 23.2. The lowest BCUT2D eigenvalue weighted by Crippen LogP contribution is -2.32. The van der Waals surface area contributed by atoms with Gasteiger partial charge in [0, 0.05) is 19.2 Å². The van der Waals surface area contributed by atoms with E-state index in [0.29, 0.717) is 17.9 Å². The number of halogens is 1. The van der Waals surface area contributed by atoms with Crippen LogP contribution in [0, 0.1) is 5.82 Å². The van der Waals surface area contributed by atoms with Crippen LogP contribution >= 0.6 is 0 Å². The molecule has 1 N–H and O–H groups in total. The molecule has 0 radical (unpaired) electrons. The number of aliphatic hydroxyl groups is 1. The number of ketones is 1. The first-order valence-electron chi connectivity index (χ1n) is 10.8. The van der Waals surface area contributed by atoms with Gasteiger partial charge in [-0.2, -0.15) is 0 Å². The highest BCUT2D eigenvalue weighted by atomic mass is 19.1. The summed E-state index contributed by atoms with van der Waals surface area (Å²) >= 11 is 0. The minimum Gasteiger partial charge on any atom is -0.507 e. The number of Topliss-reactive ketones (excluding diaryl/α,β-unsaturated/α-hetero) is 1. The highest BCUT2D eigenvalue weighted by Crippen LogP contribution is 2.40. The average molecular weight is 461 g/mol. The number of rotatable bonds is 8. The molecular weight excluding hydrogens is 437 g/mol. The van der Waals surface area contributed by atoms with Gasteiger partial charge < -0.3 is 19.5 Å². The molecule has 0 bridgehead atoms. The topological polar surface area (TPSA) is 76.1 Å². The van der Waals surface area contributed by atoms with Crippen molar-refractivity contribution in [2.24, 2.45) is 0 Å². The van der Waals surface area contributed by atoms with E-state index in [-0.39, 0.29) is 30.0 Å². The Morgan fingerprint density at radius 1 is 1.00 bits per heavy atom. The van der Waals surface area contributed by atoms with Crippen LogP contribution in [0.3, 0.4) is 0 Å². The summed E-state index contributed by atoms with van der Waals surface area (Å²) in [5, 5.41) is 11.0. The predicted molar refractivity (Wildman–Crippen MR) is 125 cm³/mol. The normalized spacial score (nSPS) is 17.2. The molecule has 1 atom stereocenters. The SMILES string of the molecule is COCCN1C(=O)C(=O)/C(=C(\O)c2ccc(F)cc2)C1c1cccc(OCc2ccccc2)c1. The second kappa shape index (κ2) is 10.3. The summed E-state index contributed by atoms with van der Waals surface area (Å²) in [5.74, 6) is -1.82. The van der Waals surface area contributed by atoms with E-state index in [4.69, 9.17) is 9.47 Å². The molecule has 6 nitrogen and oxygen atoms in total. The smallest absolute Gasteiger partial charge is 0.295 e. The molecule has 7 heteroatoms. The summed E-state index contributed by atoms with van der Waals surface area (Å²) < 4.78 is 24.4. The Hall–Kier alpha value is -3.97. The fraction of sp³-hybridized carbons (Fsp3) is 0.185. The zero-order valence-corrected chi connectivity index (χ0v) is 18.6. The second-order valence-electron chi connectivity index (χ2n) is 7.84. The number of amides is 1. The molecule has 0 aliphatic carbocycles. The van der Waals surface area contributed by atoms with Crippen molar-refractivity contribution in [3.63, 3.8) is 0 Å². The lowest BCUT2D eigenvalue weighted by atomic mass is 9.95. The van der Waals surface area contributed by atoms with Gasteiger partial charge in [-0.15, -0.1) is 0 Å². The van der Waals surface area contributed by atoms with Crippen LogP contribution < -0.4 is 4.74 Å². The second-order valence-corrected chi connectivity index (χ2v) is 7.84. The van der Waals surface area contributed by atoms with Crippen molar-refractivity contribution < 1.29 is 28.6 Å². The number of carbonyl (C=O) groups excluding carboxylic acids is 2. The molecule has 1 unspecified atom stereocenters. The fourth-order valence-corrected chi connectivity index (χ4v) is 3.93. The number of methoxy groups -OCH3 is 1. The van der Waals surface area contributed by atoms with Gasteiger partial charge in [0.15, 0.2) is 0 Å². The molecule has 1 fully saturated rings. The molecule has 4 rings (SSSR count). The van der Waals surface area contributed by atoms with Gasteiger partial charge in [0.25, 0.3) is 11.7 Å². The van der Waals surface area contributed by atoms with E-state index < -0.39 is 23.5 Å². The van der Waals surface area contributed by atoms with E-state index in [1.807, 2.05) is 30.3 Å². The van der Waals surface area contributed by atoms with E-state index >= 15 is 0 Å². The number of carbonyl (C=O) groups is 2. The van der Waals surface area contributed by atoms with Crippen LogP contribution in [0.2, 0.25) is 0 Å². The van der Waals surface area contributed by atoms with Crippen LogP contribution in [0.1, 0.15) is 22.7 Å². The summed E-state index contributed by atoms with van der Waals surface area (Å²) in [5.41, 5.74) is 1.78. The van der Waals surface area contributed by atoms with Gasteiger partial charge in [-0.3, -0.25) is 9.59 Å². The third kappa shape index (κ3) is 4.84. The van der Waals surface area contributed by atoms with Gasteiger partial charge >= 0.3 is 0 Å². The van der Waals surface area contributed by atoms with Crippen molar-refractivity contribution >= 4 is 17.4 Å². The molecule has 34 heavy (non-hydrogen) atoms. The Labute approximate surface area is 196 Å². The number of ether oxygens (including phenoxy) is 2. The summed E-state index contributed by atoms with van der Waals surface area (Å²) in [6.07, 6.45) is 0. The minimum atomic E-state index is -0.847. The van der Waals surface area contributed by atoms with Crippen molar-refractivity contribution in [3.05, 3.63) is 107 Å². The number of benzene rings is 3. The highest BCUT2D eigenvalue weighted by molar-refractivity contribution is 6.46. The number of aliphatic hydroxyl groups excluding tert-OH is 1. The Morgan fingerprint density at radius 2 is 1.74 bits per heavy atom. The van der Waals surface area contributed by atoms with Gasteiger partial charge in [-0.1, -0.05) is 42.5 Å². The maximum Gasteiger partial charge on any atom is 0.295 e. The molecule has 1 aliphatic rings. The third-order valence-electron chi connectivity index (χ3n) is 5.62. The van der Waals surface area contributed by atoms with Gasteiger partial charge in [0.05, 0.1) is 18.2 Å². The monoisotopic (exact) mass is 461 g/mol. The third-order valence-corrected chi connectivity index (χ3v) is 5.62. The molecule has 1 aliphatic heterocycles. The number of hydrogen-bond acceptors (Lipinski definition) is 5. The number of likely N-dealkylation sites (tertiary alicyclic amines) is 1. The standard InChI is InChI=1S/C27H24FNO5/c1-33-15-14-29-24(20-8-5-9-22(16-20)34-17-18-6-3-2-4-7-18)23(26(31)27(29)32)25(30)19-10-12-21(28)13-11-19/h2-13,16,24,30H,14-15,17H2,1H3/b25-23-. The Morgan fingerprint density at radius 3 is 2.44 bits per heavy atom. The molecule has 1 amide bonds. The Bertz CT molecular complexity index is 1210. The van der Waals surface area contributed by atoms with Gasteiger partial charge in [-0.05, 0) is 47.5 Å². The quantitative estimate of drug-likeness (QED) is 0.304. The first-order valence-corrected chi connectivity index (χ1v) is 10.8. The van der Waals surface area contributed by atoms with Crippen molar-refractivity contribution in [1.82, 2.24) is 4.90 Å². The summed E-state index contributed by atoms with van der Waals surface area (Å²) in [4.78, 5) is 27.2. The molecule has 1 saturated heterocycles. The average Bonchev–Trinajstić information content (AvgIpc) is 3.12. The van der Waals surface area contributed by atoms with Crippen LogP contribution in [-0.4, -0.2) is 42.0 Å². The van der Waals surface area contributed by atoms with Crippen LogP contribution in [0.5, 0.6) is 5.75 Å². The van der Waals surface area contributed by atoms with Crippen molar-refractivity contribution in [2.75, 3.05) is 20.3 Å². The van der Waals surface area contributed by atoms with E-state index in [2.05, 4.69) is 0 Å². The van der Waals surface area contributed by atoms with Crippen LogP contribution in [-0.2, 0) is 20.9 Å².